The lowest BCUT2D eigenvalue weighted by molar-refractivity contribution is 0.612. The molecule has 1 unspecified atom stereocenters. The summed E-state index contributed by atoms with van der Waals surface area (Å²) in [6, 6.07) is 3.53. The summed E-state index contributed by atoms with van der Waals surface area (Å²) in [5.74, 6) is -0.369. The first-order valence-electron chi connectivity index (χ1n) is 5.70. The van der Waals surface area contributed by atoms with E-state index >= 15 is 0 Å². The minimum absolute atomic E-state index is 0.169. The van der Waals surface area contributed by atoms with Gasteiger partial charge >= 0.3 is 0 Å². The molecule has 1 heterocycles. The number of halogens is 2. The molecule has 1 aromatic rings. The number of rotatable bonds is 2. The third kappa shape index (κ3) is 2.40. The summed E-state index contributed by atoms with van der Waals surface area (Å²) in [6.07, 6.45) is 3.27. The maximum atomic E-state index is 13.4. The van der Waals surface area contributed by atoms with Gasteiger partial charge in [-0.1, -0.05) is 24.9 Å². The maximum Gasteiger partial charge on any atom is 0.143 e. The Morgan fingerprint density at radius 3 is 3.00 bits per heavy atom. The van der Waals surface area contributed by atoms with Gasteiger partial charge in [0.15, 0.2) is 0 Å². The second-order valence-electron chi connectivity index (χ2n) is 4.16. The molecule has 0 saturated carbocycles. The van der Waals surface area contributed by atoms with Gasteiger partial charge in [-0.3, -0.25) is 0 Å². The molecular formula is C12H16ClFN2. The second kappa shape index (κ2) is 4.91. The summed E-state index contributed by atoms with van der Waals surface area (Å²) < 4.78 is 13.4. The normalized spacial score (nSPS) is 19.3. The fraction of sp³-hybridized carbons (Fsp3) is 0.500. The van der Waals surface area contributed by atoms with Crippen LogP contribution in [0.4, 0.5) is 15.8 Å². The molecule has 0 aromatic heterocycles. The average molecular weight is 243 g/mol. The van der Waals surface area contributed by atoms with Gasteiger partial charge in [-0.05, 0) is 18.9 Å². The van der Waals surface area contributed by atoms with Crippen LogP contribution in [0.15, 0.2) is 12.1 Å². The molecule has 1 atom stereocenters. The van der Waals surface area contributed by atoms with E-state index in [0.717, 1.165) is 37.2 Å². The Morgan fingerprint density at radius 2 is 2.25 bits per heavy atom. The van der Waals surface area contributed by atoms with Gasteiger partial charge in [0.2, 0.25) is 0 Å². The molecule has 0 saturated heterocycles. The lowest BCUT2D eigenvalue weighted by Crippen LogP contribution is -2.19. The molecule has 88 valence electrons. The molecule has 0 aliphatic carbocycles. The van der Waals surface area contributed by atoms with Gasteiger partial charge in [0.1, 0.15) is 5.82 Å². The van der Waals surface area contributed by atoms with Crippen LogP contribution < -0.4 is 10.6 Å². The summed E-state index contributed by atoms with van der Waals surface area (Å²) in [4.78, 5) is 0. The van der Waals surface area contributed by atoms with Crippen molar-refractivity contribution in [3.8, 4) is 0 Å². The van der Waals surface area contributed by atoms with Gasteiger partial charge in [0.05, 0.1) is 16.4 Å². The zero-order chi connectivity index (χ0) is 11.5. The third-order valence-corrected chi connectivity index (χ3v) is 3.16. The van der Waals surface area contributed by atoms with Gasteiger partial charge < -0.3 is 10.6 Å². The average Bonchev–Trinajstić information content (AvgIpc) is 2.42. The van der Waals surface area contributed by atoms with E-state index < -0.39 is 0 Å². The Labute approximate surface area is 100 Å². The molecule has 2 N–H and O–H groups in total. The van der Waals surface area contributed by atoms with E-state index in [4.69, 9.17) is 11.6 Å². The van der Waals surface area contributed by atoms with Crippen LogP contribution in [0, 0.1) is 5.82 Å². The standard InChI is InChI=1S/C12H16ClFN2/c1-2-3-8-4-5-15-11-6-9(13)10(14)7-12(11)16-8/h6-8,15-16H,2-5H2,1H3. The van der Waals surface area contributed by atoms with E-state index in [2.05, 4.69) is 17.6 Å². The Kier molecular flexibility index (Phi) is 3.54. The Hall–Kier alpha value is -0.960. The fourth-order valence-corrected chi connectivity index (χ4v) is 2.21. The highest BCUT2D eigenvalue weighted by molar-refractivity contribution is 6.31. The number of benzene rings is 1. The van der Waals surface area contributed by atoms with Crippen molar-refractivity contribution in [1.82, 2.24) is 0 Å². The minimum atomic E-state index is -0.369. The number of nitrogens with one attached hydrogen (secondary N) is 2. The smallest absolute Gasteiger partial charge is 0.143 e. The van der Waals surface area contributed by atoms with Gasteiger partial charge in [0.25, 0.3) is 0 Å². The zero-order valence-electron chi connectivity index (χ0n) is 9.32. The summed E-state index contributed by atoms with van der Waals surface area (Å²) in [5, 5.41) is 6.80. The second-order valence-corrected chi connectivity index (χ2v) is 4.56. The number of fused-ring (bicyclic) bond motifs is 1. The van der Waals surface area contributed by atoms with Gasteiger partial charge in [0, 0.05) is 18.7 Å². The molecule has 2 nitrogen and oxygen atoms in total. The summed E-state index contributed by atoms with van der Waals surface area (Å²) in [5.41, 5.74) is 1.71. The number of hydrogen-bond acceptors (Lipinski definition) is 2. The predicted octanol–water partition coefficient (Wildman–Crippen LogP) is 3.88. The topological polar surface area (TPSA) is 24.1 Å². The SMILES string of the molecule is CCCC1CCNc2cc(Cl)c(F)cc2N1. The van der Waals surface area contributed by atoms with E-state index in [0.29, 0.717) is 6.04 Å². The first-order valence-corrected chi connectivity index (χ1v) is 6.08. The van der Waals surface area contributed by atoms with E-state index in [-0.39, 0.29) is 10.8 Å². The van der Waals surface area contributed by atoms with Crippen molar-refractivity contribution in [3.05, 3.63) is 23.0 Å². The van der Waals surface area contributed by atoms with Crippen molar-refractivity contribution >= 4 is 23.0 Å². The van der Waals surface area contributed by atoms with Gasteiger partial charge in [-0.25, -0.2) is 4.39 Å². The molecule has 0 amide bonds. The van der Waals surface area contributed by atoms with Crippen LogP contribution in [-0.4, -0.2) is 12.6 Å². The summed E-state index contributed by atoms with van der Waals surface area (Å²) >= 11 is 5.75. The molecular weight excluding hydrogens is 227 g/mol. The molecule has 2 rings (SSSR count). The quantitative estimate of drug-likeness (QED) is 0.823. The molecule has 0 spiro atoms. The maximum absolute atomic E-state index is 13.4. The minimum Gasteiger partial charge on any atom is -0.383 e. The van der Waals surface area contributed by atoms with Crippen molar-refractivity contribution < 1.29 is 4.39 Å². The lowest BCUT2D eigenvalue weighted by Gasteiger charge is -2.16. The highest BCUT2D eigenvalue weighted by Gasteiger charge is 2.16. The first-order chi connectivity index (χ1) is 7.70. The Bertz CT molecular complexity index is 382. The fourth-order valence-electron chi connectivity index (χ4n) is 2.05. The van der Waals surface area contributed by atoms with E-state index in [9.17, 15) is 4.39 Å². The molecule has 1 aliphatic rings. The lowest BCUT2D eigenvalue weighted by atomic mass is 10.1. The molecule has 1 aromatic carbocycles. The van der Waals surface area contributed by atoms with Crippen LogP contribution >= 0.6 is 11.6 Å². The molecule has 16 heavy (non-hydrogen) atoms. The zero-order valence-corrected chi connectivity index (χ0v) is 10.1. The van der Waals surface area contributed by atoms with Crippen LogP contribution in [0.2, 0.25) is 5.02 Å². The van der Waals surface area contributed by atoms with Crippen molar-refractivity contribution in [2.75, 3.05) is 17.2 Å². The van der Waals surface area contributed by atoms with Crippen molar-refractivity contribution in [3.63, 3.8) is 0 Å². The van der Waals surface area contributed by atoms with Crippen molar-refractivity contribution in [2.24, 2.45) is 0 Å². The van der Waals surface area contributed by atoms with E-state index in [1.54, 1.807) is 6.07 Å². The van der Waals surface area contributed by atoms with Crippen LogP contribution in [0.5, 0.6) is 0 Å². The molecule has 1 aliphatic heterocycles. The largest absolute Gasteiger partial charge is 0.383 e. The highest BCUT2D eigenvalue weighted by atomic mass is 35.5. The molecule has 0 radical (unpaired) electrons. The molecule has 0 bridgehead atoms. The highest BCUT2D eigenvalue weighted by Crippen LogP contribution is 2.31. The summed E-state index contributed by atoms with van der Waals surface area (Å²) in [6.45, 7) is 3.05. The van der Waals surface area contributed by atoms with Crippen LogP contribution in [-0.2, 0) is 0 Å². The Morgan fingerprint density at radius 1 is 1.44 bits per heavy atom. The van der Waals surface area contributed by atoms with Crippen LogP contribution in [0.3, 0.4) is 0 Å². The van der Waals surface area contributed by atoms with Crippen molar-refractivity contribution in [2.45, 2.75) is 32.2 Å². The first kappa shape index (κ1) is 11.5. The monoisotopic (exact) mass is 242 g/mol. The van der Waals surface area contributed by atoms with Crippen molar-refractivity contribution in [1.29, 1.82) is 0 Å². The molecule has 4 heteroatoms. The summed E-state index contributed by atoms with van der Waals surface area (Å²) in [7, 11) is 0. The third-order valence-electron chi connectivity index (χ3n) is 2.87. The van der Waals surface area contributed by atoms with E-state index in [1.165, 1.54) is 6.07 Å². The van der Waals surface area contributed by atoms with Gasteiger partial charge in [-0.2, -0.15) is 0 Å². The Balaban J connectivity index is 2.25. The number of anilines is 2. The van der Waals surface area contributed by atoms with Crippen LogP contribution in [0.25, 0.3) is 0 Å². The predicted molar refractivity (Wildman–Crippen MR) is 66.8 cm³/mol. The van der Waals surface area contributed by atoms with Gasteiger partial charge in [-0.15, -0.1) is 0 Å². The van der Waals surface area contributed by atoms with E-state index in [1.807, 2.05) is 0 Å². The number of hydrogen-bond donors (Lipinski definition) is 2. The van der Waals surface area contributed by atoms with Crippen LogP contribution in [0.1, 0.15) is 26.2 Å². The molecule has 0 fully saturated rings.